The summed E-state index contributed by atoms with van der Waals surface area (Å²) in [4.78, 5) is 14.6. The quantitative estimate of drug-likeness (QED) is 0.752. The lowest BCUT2D eigenvalue weighted by Gasteiger charge is -2.28. The monoisotopic (exact) mass is 417 g/mol. The van der Waals surface area contributed by atoms with E-state index in [1.54, 1.807) is 12.1 Å². The van der Waals surface area contributed by atoms with Crippen molar-refractivity contribution < 1.29 is 22.7 Å². The van der Waals surface area contributed by atoms with Gasteiger partial charge in [-0.05, 0) is 49.2 Å². The Morgan fingerprint density at radius 2 is 2.00 bits per heavy atom. The molecule has 3 N–H and O–H groups in total. The Bertz CT molecular complexity index is 1040. The van der Waals surface area contributed by atoms with Crippen molar-refractivity contribution in [2.45, 2.75) is 30.4 Å². The second-order valence-corrected chi connectivity index (χ2v) is 8.88. The van der Waals surface area contributed by atoms with Crippen LogP contribution >= 0.6 is 0 Å². The van der Waals surface area contributed by atoms with Gasteiger partial charge in [0.25, 0.3) is 0 Å². The highest BCUT2D eigenvalue weighted by atomic mass is 32.2. The number of rotatable bonds is 5. The standard InChI is InChI=1S/C20H23N3O5S/c1-13-8-14-9-16(29(21,25)26)6-7-17(14)23(13)11-20(24)22-10-15-12-27-18-4-2-3-5-19(18)28-15/h2-7,9,13,15H,8,10-12H2,1H3,(H,22,24)(H2,21,25,26)/t13-,15-/m1/s1. The lowest BCUT2D eigenvalue weighted by atomic mass is 10.1. The van der Waals surface area contributed by atoms with Crippen LogP contribution in [0, 0.1) is 0 Å². The van der Waals surface area contributed by atoms with E-state index < -0.39 is 10.0 Å². The first kappa shape index (κ1) is 19.5. The summed E-state index contributed by atoms with van der Waals surface area (Å²) in [6, 6.07) is 12.3. The number of amides is 1. The van der Waals surface area contributed by atoms with E-state index in [9.17, 15) is 13.2 Å². The number of hydrogen-bond donors (Lipinski definition) is 2. The Labute approximate surface area is 169 Å². The molecule has 2 heterocycles. The van der Waals surface area contributed by atoms with Gasteiger partial charge in [-0.3, -0.25) is 4.79 Å². The largest absolute Gasteiger partial charge is 0.486 e. The molecule has 0 bridgehead atoms. The van der Waals surface area contributed by atoms with E-state index in [1.165, 1.54) is 6.07 Å². The summed E-state index contributed by atoms with van der Waals surface area (Å²) in [5.74, 6) is 1.24. The molecule has 1 amide bonds. The Morgan fingerprint density at radius 3 is 2.76 bits per heavy atom. The summed E-state index contributed by atoms with van der Waals surface area (Å²) < 4.78 is 34.6. The molecule has 0 saturated heterocycles. The Morgan fingerprint density at radius 1 is 1.24 bits per heavy atom. The normalized spacial score (nSPS) is 20.3. The maximum absolute atomic E-state index is 12.5. The van der Waals surface area contributed by atoms with Crippen LogP contribution in [-0.4, -0.2) is 46.2 Å². The zero-order chi connectivity index (χ0) is 20.6. The van der Waals surface area contributed by atoms with Gasteiger partial charge in [0.15, 0.2) is 11.5 Å². The molecule has 2 aliphatic heterocycles. The van der Waals surface area contributed by atoms with Gasteiger partial charge in [0.2, 0.25) is 15.9 Å². The minimum atomic E-state index is -3.75. The zero-order valence-electron chi connectivity index (χ0n) is 16.0. The van der Waals surface area contributed by atoms with Gasteiger partial charge in [-0.2, -0.15) is 0 Å². The van der Waals surface area contributed by atoms with E-state index in [2.05, 4.69) is 5.32 Å². The number of ether oxygens (including phenoxy) is 2. The Kier molecular flexibility index (Phi) is 5.10. The summed E-state index contributed by atoms with van der Waals surface area (Å²) in [7, 11) is -3.75. The highest BCUT2D eigenvalue weighted by Gasteiger charge is 2.29. The maximum atomic E-state index is 12.5. The zero-order valence-corrected chi connectivity index (χ0v) is 16.8. The first-order valence-corrected chi connectivity index (χ1v) is 10.9. The molecular formula is C20H23N3O5S. The minimum Gasteiger partial charge on any atom is -0.486 e. The fourth-order valence-corrected chi connectivity index (χ4v) is 4.26. The lowest BCUT2D eigenvalue weighted by Crippen LogP contribution is -2.45. The summed E-state index contributed by atoms with van der Waals surface area (Å²) in [5.41, 5.74) is 1.73. The van der Waals surface area contributed by atoms with Gasteiger partial charge in [0, 0.05) is 11.7 Å². The average Bonchev–Trinajstić information content (AvgIpc) is 3.00. The molecule has 0 radical (unpaired) electrons. The number of nitrogens with zero attached hydrogens (tertiary/aromatic N) is 1. The molecule has 0 aromatic heterocycles. The van der Waals surface area contributed by atoms with Crippen LogP contribution in [0.15, 0.2) is 47.4 Å². The SMILES string of the molecule is C[C@@H]1Cc2cc(S(N)(=O)=O)ccc2N1CC(=O)NC[C@@H]1COc2ccccc2O1. The van der Waals surface area contributed by atoms with Gasteiger partial charge in [0.1, 0.15) is 12.7 Å². The maximum Gasteiger partial charge on any atom is 0.239 e. The molecule has 29 heavy (non-hydrogen) atoms. The third-order valence-electron chi connectivity index (χ3n) is 5.14. The van der Waals surface area contributed by atoms with Crippen molar-refractivity contribution in [1.29, 1.82) is 0 Å². The number of anilines is 1. The second kappa shape index (κ2) is 7.57. The molecule has 2 aromatic rings. The van der Waals surface area contributed by atoms with Crippen LogP contribution in [0.25, 0.3) is 0 Å². The molecule has 0 saturated carbocycles. The third kappa shape index (κ3) is 4.15. The van der Waals surface area contributed by atoms with Crippen LogP contribution in [0.4, 0.5) is 5.69 Å². The number of carbonyl (C=O) groups excluding carboxylic acids is 1. The van der Waals surface area contributed by atoms with Gasteiger partial charge in [-0.25, -0.2) is 13.6 Å². The van der Waals surface area contributed by atoms with Gasteiger partial charge >= 0.3 is 0 Å². The summed E-state index contributed by atoms with van der Waals surface area (Å²) >= 11 is 0. The van der Waals surface area contributed by atoms with E-state index in [0.717, 1.165) is 11.3 Å². The predicted octanol–water partition coefficient (Wildman–Crippen LogP) is 1.04. The first-order chi connectivity index (χ1) is 13.8. The third-order valence-corrected chi connectivity index (χ3v) is 6.06. The fourth-order valence-electron chi connectivity index (χ4n) is 3.69. The van der Waals surface area contributed by atoms with Crippen LogP contribution in [-0.2, 0) is 21.2 Å². The molecule has 9 heteroatoms. The van der Waals surface area contributed by atoms with Crippen LogP contribution in [0.3, 0.4) is 0 Å². The molecule has 0 aliphatic carbocycles. The lowest BCUT2D eigenvalue weighted by molar-refractivity contribution is -0.120. The topological polar surface area (TPSA) is 111 Å². The number of fused-ring (bicyclic) bond motifs is 2. The van der Waals surface area contributed by atoms with Crippen molar-refractivity contribution >= 4 is 21.6 Å². The average molecular weight is 417 g/mol. The molecule has 4 rings (SSSR count). The molecule has 0 spiro atoms. The molecule has 2 aromatic carbocycles. The smallest absolute Gasteiger partial charge is 0.239 e. The Balaban J connectivity index is 1.36. The highest BCUT2D eigenvalue weighted by molar-refractivity contribution is 7.89. The number of benzene rings is 2. The molecule has 0 fully saturated rings. The van der Waals surface area contributed by atoms with Crippen molar-refractivity contribution in [1.82, 2.24) is 5.32 Å². The number of nitrogens with one attached hydrogen (secondary N) is 1. The number of para-hydroxylation sites is 2. The fraction of sp³-hybridized carbons (Fsp3) is 0.350. The van der Waals surface area contributed by atoms with E-state index in [1.807, 2.05) is 36.1 Å². The molecular weight excluding hydrogens is 394 g/mol. The summed E-state index contributed by atoms with van der Waals surface area (Å²) in [5, 5.41) is 8.11. The van der Waals surface area contributed by atoms with E-state index >= 15 is 0 Å². The van der Waals surface area contributed by atoms with Crippen molar-refractivity contribution in [3.8, 4) is 11.5 Å². The number of hydrogen-bond acceptors (Lipinski definition) is 6. The van der Waals surface area contributed by atoms with Gasteiger partial charge < -0.3 is 19.7 Å². The van der Waals surface area contributed by atoms with Crippen molar-refractivity contribution in [2.24, 2.45) is 5.14 Å². The minimum absolute atomic E-state index is 0.0765. The van der Waals surface area contributed by atoms with E-state index in [4.69, 9.17) is 14.6 Å². The Hall–Kier alpha value is -2.78. The highest BCUT2D eigenvalue weighted by Crippen LogP contribution is 2.33. The number of sulfonamides is 1. The van der Waals surface area contributed by atoms with Crippen LogP contribution in [0.5, 0.6) is 11.5 Å². The van der Waals surface area contributed by atoms with Crippen molar-refractivity contribution in [3.63, 3.8) is 0 Å². The van der Waals surface area contributed by atoms with Crippen LogP contribution in [0.2, 0.25) is 0 Å². The van der Waals surface area contributed by atoms with Crippen molar-refractivity contribution in [3.05, 3.63) is 48.0 Å². The molecule has 154 valence electrons. The van der Waals surface area contributed by atoms with E-state index in [-0.39, 0.29) is 29.5 Å². The van der Waals surface area contributed by atoms with Crippen molar-refractivity contribution in [2.75, 3.05) is 24.6 Å². The van der Waals surface area contributed by atoms with Gasteiger partial charge in [-0.15, -0.1) is 0 Å². The first-order valence-electron chi connectivity index (χ1n) is 9.39. The van der Waals surface area contributed by atoms with Crippen LogP contribution in [0.1, 0.15) is 12.5 Å². The molecule has 8 nitrogen and oxygen atoms in total. The van der Waals surface area contributed by atoms with E-state index in [0.29, 0.717) is 31.1 Å². The second-order valence-electron chi connectivity index (χ2n) is 7.32. The number of primary sulfonamides is 1. The van der Waals surface area contributed by atoms with Gasteiger partial charge in [0.05, 0.1) is 18.0 Å². The molecule has 2 aliphatic rings. The number of carbonyl (C=O) groups is 1. The predicted molar refractivity (Wildman–Crippen MR) is 108 cm³/mol. The van der Waals surface area contributed by atoms with Crippen LogP contribution < -0.4 is 24.8 Å². The molecule has 0 unspecified atom stereocenters. The molecule has 2 atom stereocenters. The number of nitrogens with two attached hydrogens (primary N) is 1. The van der Waals surface area contributed by atoms with Gasteiger partial charge in [-0.1, -0.05) is 12.1 Å². The summed E-state index contributed by atoms with van der Waals surface area (Å²) in [6.07, 6.45) is 0.400. The summed E-state index contributed by atoms with van der Waals surface area (Å²) in [6.45, 7) is 2.88.